The van der Waals surface area contributed by atoms with Gasteiger partial charge in [0, 0.05) is 17.7 Å². The number of rotatable bonds is 9. The Morgan fingerprint density at radius 1 is 1.15 bits per heavy atom. The van der Waals surface area contributed by atoms with E-state index < -0.39 is 12.0 Å². The van der Waals surface area contributed by atoms with Gasteiger partial charge in [-0.3, -0.25) is 9.69 Å². The number of methoxy groups -OCH3 is 3. The third-order valence-electron chi connectivity index (χ3n) is 5.16. The van der Waals surface area contributed by atoms with Crippen LogP contribution in [0, 0.1) is 0 Å². The van der Waals surface area contributed by atoms with Crippen molar-refractivity contribution < 1.29 is 24.1 Å². The van der Waals surface area contributed by atoms with Crippen LogP contribution in [0.5, 0.6) is 17.2 Å². The van der Waals surface area contributed by atoms with Crippen molar-refractivity contribution in [3.05, 3.63) is 17.7 Å². The lowest BCUT2D eigenvalue weighted by Crippen LogP contribution is -2.46. The van der Waals surface area contributed by atoms with E-state index in [4.69, 9.17) is 14.2 Å². The summed E-state index contributed by atoms with van der Waals surface area (Å²) in [6.45, 7) is 2.93. The smallest absolute Gasteiger partial charge is 0.320 e. The van der Waals surface area contributed by atoms with Crippen LogP contribution in [0.2, 0.25) is 0 Å². The second kappa shape index (κ2) is 9.67. The van der Waals surface area contributed by atoms with E-state index in [0.29, 0.717) is 23.7 Å². The highest BCUT2D eigenvalue weighted by molar-refractivity contribution is 5.73. The van der Waals surface area contributed by atoms with Gasteiger partial charge in [0.15, 0.2) is 11.5 Å². The molecule has 1 N–H and O–H groups in total. The summed E-state index contributed by atoms with van der Waals surface area (Å²) in [5.74, 6) is 1.20. The Morgan fingerprint density at radius 3 is 2.38 bits per heavy atom. The van der Waals surface area contributed by atoms with Crippen LogP contribution < -0.4 is 14.2 Å². The first kappa shape index (κ1) is 20.4. The van der Waals surface area contributed by atoms with Gasteiger partial charge in [0.2, 0.25) is 0 Å². The number of ether oxygens (including phenoxy) is 3. The van der Waals surface area contributed by atoms with Crippen molar-refractivity contribution in [3.8, 4) is 17.2 Å². The largest absolute Gasteiger partial charge is 0.496 e. The summed E-state index contributed by atoms with van der Waals surface area (Å²) in [5.41, 5.74) is 0.965. The van der Waals surface area contributed by atoms with E-state index in [0.717, 1.165) is 44.2 Å². The lowest BCUT2D eigenvalue weighted by molar-refractivity contribution is -0.146. The predicted octanol–water partition coefficient (Wildman–Crippen LogP) is 3.88. The van der Waals surface area contributed by atoms with Gasteiger partial charge in [-0.15, -0.1) is 0 Å². The van der Waals surface area contributed by atoms with Gasteiger partial charge in [-0.1, -0.05) is 26.2 Å². The van der Waals surface area contributed by atoms with Gasteiger partial charge in [0.05, 0.1) is 21.3 Å². The van der Waals surface area contributed by atoms with E-state index in [1.807, 2.05) is 12.1 Å². The van der Waals surface area contributed by atoms with Crippen molar-refractivity contribution in [2.75, 3.05) is 27.9 Å². The molecule has 0 radical (unpaired) electrons. The number of aliphatic carboxylic acids is 1. The molecule has 146 valence electrons. The SMILES string of the molecule is CCCCC(c1cc(OC)c(OC)cc1OC)N1CCCCC1C(=O)O. The zero-order valence-electron chi connectivity index (χ0n) is 16.3. The molecule has 1 fully saturated rings. The number of carboxylic acid groups (broad SMARTS) is 1. The number of carboxylic acids is 1. The minimum Gasteiger partial charge on any atom is -0.496 e. The van der Waals surface area contributed by atoms with Crippen molar-refractivity contribution in [1.82, 2.24) is 4.90 Å². The van der Waals surface area contributed by atoms with Gasteiger partial charge in [-0.2, -0.15) is 0 Å². The Labute approximate surface area is 156 Å². The van der Waals surface area contributed by atoms with E-state index in [2.05, 4.69) is 11.8 Å². The van der Waals surface area contributed by atoms with E-state index in [1.54, 1.807) is 21.3 Å². The van der Waals surface area contributed by atoms with Crippen LogP contribution in [0.3, 0.4) is 0 Å². The maximum Gasteiger partial charge on any atom is 0.320 e. The Bertz CT molecular complexity index is 604. The number of carbonyl (C=O) groups is 1. The van der Waals surface area contributed by atoms with E-state index in [-0.39, 0.29) is 6.04 Å². The number of hydrogen-bond donors (Lipinski definition) is 1. The van der Waals surface area contributed by atoms with Crippen LogP contribution >= 0.6 is 0 Å². The third kappa shape index (κ3) is 4.41. The summed E-state index contributed by atoms with van der Waals surface area (Å²) in [6.07, 6.45) is 5.61. The summed E-state index contributed by atoms with van der Waals surface area (Å²) >= 11 is 0. The number of likely N-dealkylation sites (tertiary alicyclic amines) is 1. The van der Waals surface area contributed by atoms with Gasteiger partial charge in [0.1, 0.15) is 11.8 Å². The molecule has 0 amide bonds. The van der Waals surface area contributed by atoms with Gasteiger partial charge in [-0.05, 0) is 31.9 Å². The first-order valence-electron chi connectivity index (χ1n) is 9.35. The molecule has 26 heavy (non-hydrogen) atoms. The van der Waals surface area contributed by atoms with Gasteiger partial charge >= 0.3 is 5.97 Å². The van der Waals surface area contributed by atoms with Crippen LogP contribution in [0.4, 0.5) is 0 Å². The molecule has 0 aromatic heterocycles. The molecule has 6 nitrogen and oxygen atoms in total. The molecule has 1 saturated heterocycles. The zero-order valence-corrected chi connectivity index (χ0v) is 16.3. The lowest BCUT2D eigenvalue weighted by Gasteiger charge is -2.40. The molecule has 0 bridgehead atoms. The van der Waals surface area contributed by atoms with E-state index in [1.165, 1.54) is 0 Å². The summed E-state index contributed by atoms with van der Waals surface area (Å²) < 4.78 is 16.5. The lowest BCUT2D eigenvalue weighted by atomic mass is 9.92. The van der Waals surface area contributed by atoms with Crippen molar-refractivity contribution in [3.63, 3.8) is 0 Å². The van der Waals surface area contributed by atoms with Crippen molar-refractivity contribution in [1.29, 1.82) is 0 Å². The maximum absolute atomic E-state index is 11.8. The molecule has 1 heterocycles. The molecule has 2 rings (SSSR count). The number of unbranched alkanes of at least 4 members (excludes halogenated alkanes) is 1. The quantitative estimate of drug-likeness (QED) is 0.716. The second-order valence-corrected chi connectivity index (χ2v) is 6.69. The number of benzene rings is 1. The van der Waals surface area contributed by atoms with Gasteiger partial charge in [-0.25, -0.2) is 0 Å². The third-order valence-corrected chi connectivity index (χ3v) is 5.16. The first-order valence-corrected chi connectivity index (χ1v) is 9.35. The topological polar surface area (TPSA) is 68.2 Å². The van der Waals surface area contributed by atoms with E-state index in [9.17, 15) is 9.90 Å². The molecule has 2 atom stereocenters. The Morgan fingerprint density at radius 2 is 1.81 bits per heavy atom. The average molecular weight is 365 g/mol. The fourth-order valence-corrected chi connectivity index (χ4v) is 3.80. The zero-order chi connectivity index (χ0) is 19.1. The molecule has 0 saturated carbocycles. The molecule has 1 aromatic carbocycles. The number of piperidine rings is 1. The first-order chi connectivity index (χ1) is 12.6. The van der Waals surface area contributed by atoms with Crippen LogP contribution in [0.25, 0.3) is 0 Å². The van der Waals surface area contributed by atoms with Crippen molar-refractivity contribution in [2.24, 2.45) is 0 Å². The monoisotopic (exact) mass is 365 g/mol. The molecule has 0 spiro atoms. The molecule has 1 aromatic rings. The van der Waals surface area contributed by atoms with Gasteiger partial charge in [0.25, 0.3) is 0 Å². The molecule has 0 aliphatic carbocycles. The highest BCUT2D eigenvalue weighted by atomic mass is 16.5. The molecule has 1 aliphatic rings. The number of hydrogen-bond acceptors (Lipinski definition) is 5. The van der Waals surface area contributed by atoms with Crippen molar-refractivity contribution >= 4 is 5.97 Å². The van der Waals surface area contributed by atoms with Crippen LogP contribution in [-0.2, 0) is 4.79 Å². The normalized spacial score (nSPS) is 19.0. The predicted molar refractivity (Wildman–Crippen MR) is 100 cm³/mol. The van der Waals surface area contributed by atoms with Crippen molar-refractivity contribution in [2.45, 2.75) is 57.5 Å². The fourth-order valence-electron chi connectivity index (χ4n) is 3.80. The minimum absolute atomic E-state index is 0.0221. The van der Waals surface area contributed by atoms with Gasteiger partial charge < -0.3 is 19.3 Å². The van der Waals surface area contributed by atoms with Crippen LogP contribution in [0.1, 0.15) is 57.1 Å². The Hall–Kier alpha value is -1.95. The van der Waals surface area contributed by atoms with Crippen LogP contribution in [-0.4, -0.2) is 49.9 Å². The highest BCUT2D eigenvalue weighted by Crippen LogP contribution is 2.42. The highest BCUT2D eigenvalue weighted by Gasteiger charge is 2.35. The standard InChI is InChI=1S/C20H31NO5/c1-5-6-9-15(21-11-8-7-10-16(21)20(22)23)14-12-18(25-3)19(26-4)13-17(14)24-2/h12-13,15-16H,5-11H2,1-4H3,(H,22,23). The maximum atomic E-state index is 11.8. The molecular weight excluding hydrogens is 334 g/mol. The molecule has 2 unspecified atom stereocenters. The summed E-state index contributed by atoms with van der Waals surface area (Å²) in [7, 11) is 4.83. The Kier molecular flexibility index (Phi) is 7.57. The van der Waals surface area contributed by atoms with Crippen LogP contribution in [0.15, 0.2) is 12.1 Å². The minimum atomic E-state index is -0.745. The average Bonchev–Trinajstić information content (AvgIpc) is 2.67. The number of nitrogens with zero attached hydrogens (tertiary/aromatic N) is 1. The summed E-state index contributed by atoms with van der Waals surface area (Å²) in [5, 5.41) is 9.72. The molecular formula is C20H31NO5. The summed E-state index contributed by atoms with van der Waals surface area (Å²) in [6, 6.07) is 3.28. The fraction of sp³-hybridized carbons (Fsp3) is 0.650. The summed E-state index contributed by atoms with van der Waals surface area (Å²) in [4.78, 5) is 14.0. The second-order valence-electron chi connectivity index (χ2n) is 6.69. The Balaban J connectivity index is 2.49. The molecule has 1 aliphatic heterocycles. The molecule has 6 heteroatoms. The van der Waals surface area contributed by atoms with E-state index >= 15 is 0 Å².